The minimum atomic E-state index is -0.903. The molecule has 10 heteroatoms. The van der Waals surface area contributed by atoms with Gasteiger partial charge in [-0.3, -0.25) is 9.59 Å². The number of halogens is 1. The number of hydrogen-bond acceptors (Lipinski definition) is 7. The predicted octanol–water partition coefficient (Wildman–Crippen LogP) is 5.48. The van der Waals surface area contributed by atoms with Crippen LogP contribution >= 0.6 is 11.3 Å². The number of thiazole rings is 1. The highest BCUT2D eigenvalue weighted by molar-refractivity contribution is 7.15. The monoisotopic (exact) mass is 595 g/mol. The Bertz CT molecular complexity index is 1400. The molecular weight excluding hydrogens is 557 g/mol. The summed E-state index contributed by atoms with van der Waals surface area (Å²) in [6, 6.07) is 12.9. The Morgan fingerprint density at radius 3 is 2.48 bits per heavy atom. The molecule has 3 aromatic rings. The van der Waals surface area contributed by atoms with Crippen LogP contribution in [0.5, 0.6) is 0 Å². The normalized spacial score (nSPS) is 18.2. The van der Waals surface area contributed by atoms with Gasteiger partial charge in [0.25, 0.3) is 0 Å². The second kappa shape index (κ2) is 13.5. The molecule has 1 aromatic heterocycles. The lowest BCUT2D eigenvalue weighted by Gasteiger charge is -2.32. The molecule has 2 N–H and O–H groups in total. The van der Waals surface area contributed by atoms with Crippen molar-refractivity contribution in [2.45, 2.75) is 71.6 Å². The number of carbonyl (C=O) groups is 3. The molecule has 1 saturated heterocycles. The molecule has 1 fully saturated rings. The highest BCUT2D eigenvalue weighted by Gasteiger charge is 2.42. The van der Waals surface area contributed by atoms with E-state index >= 15 is 0 Å². The Morgan fingerprint density at radius 2 is 1.86 bits per heavy atom. The van der Waals surface area contributed by atoms with E-state index in [1.165, 1.54) is 13.2 Å². The molecule has 2 amide bonds. The largest absolute Gasteiger partial charge is 0.460 e. The molecule has 0 aliphatic carbocycles. The van der Waals surface area contributed by atoms with Gasteiger partial charge >= 0.3 is 12.1 Å². The fourth-order valence-electron chi connectivity index (χ4n) is 5.07. The van der Waals surface area contributed by atoms with Crippen molar-refractivity contribution in [3.05, 3.63) is 76.7 Å². The molecule has 4 atom stereocenters. The lowest BCUT2D eigenvalue weighted by molar-refractivity contribution is -0.146. The lowest BCUT2D eigenvalue weighted by Crippen LogP contribution is -2.57. The van der Waals surface area contributed by atoms with Gasteiger partial charge in [-0.2, -0.15) is 0 Å². The van der Waals surface area contributed by atoms with Crippen molar-refractivity contribution in [3.63, 3.8) is 0 Å². The van der Waals surface area contributed by atoms with Crippen molar-refractivity contribution in [2.24, 2.45) is 11.3 Å². The molecule has 0 spiro atoms. The summed E-state index contributed by atoms with van der Waals surface area (Å²) in [5, 5.41) is 6.74. The second-order valence-corrected chi connectivity index (χ2v) is 12.7. The number of ether oxygens (including phenoxy) is 2. The summed E-state index contributed by atoms with van der Waals surface area (Å²) >= 11 is 1.65. The zero-order valence-electron chi connectivity index (χ0n) is 24.6. The first-order valence-electron chi connectivity index (χ1n) is 14.1. The van der Waals surface area contributed by atoms with E-state index in [1.807, 2.05) is 51.2 Å². The van der Waals surface area contributed by atoms with Crippen LogP contribution in [0, 0.1) is 17.2 Å². The smallest absolute Gasteiger partial charge is 0.407 e. The number of rotatable bonds is 10. The van der Waals surface area contributed by atoms with E-state index in [4.69, 9.17) is 9.47 Å². The van der Waals surface area contributed by atoms with Crippen molar-refractivity contribution in [1.29, 1.82) is 0 Å². The standard InChI is InChI=1S/C32H38FN3O5S/c1-6-27-34-18-26(42-27)20-13-11-19(12-14-20)15-24(35-29(37)28(32(2,3)4)36-31(39)40-5)25-17-22(30(38)41-25)16-21-9-7-8-10-23(21)33/h7-14,18,22,24-25,28H,6,15-17H2,1-5H3,(H,35,37)(H,36,39)/t22-,24+,25+,28-/m1/s1. The van der Waals surface area contributed by atoms with Crippen LogP contribution in [-0.2, 0) is 38.3 Å². The maximum absolute atomic E-state index is 14.3. The number of esters is 1. The van der Waals surface area contributed by atoms with E-state index < -0.39 is 47.5 Å². The molecule has 0 bridgehead atoms. The number of carbonyl (C=O) groups excluding carboxylic acids is 3. The van der Waals surface area contributed by atoms with E-state index in [9.17, 15) is 18.8 Å². The fourth-order valence-corrected chi connectivity index (χ4v) is 5.94. The number of aryl methyl sites for hydroxylation is 1. The second-order valence-electron chi connectivity index (χ2n) is 11.6. The van der Waals surface area contributed by atoms with E-state index in [1.54, 1.807) is 29.5 Å². The van der Waals surface area contributed by atoms with Crippen LogP contribution in [0.2, 0.25) is 0 Å². The zero-order valence-corrected chi connectivity index (χ0v) is 25.4. The van der Waals surface area contributed by atoms with Gasteiger partial charge in [0.15, 0.2) is 0 Å². The summed E-state index contributed by atoms with van der Waals surface area (Å²) < 4.78 is 24.9. The highest BCUT2D eigenvalue weighted by atomic mass is 32.1. The fraction of sp³-hybridized carbons (Fsp3) is 0.438. The zero-order chi connectivity index (χ0) is 30.4. The van der Waals surface area contributed by atoms with Crippen LogP contribution in [0.15, 0.2) is 54.7 Å². The van der Waals surface area contributed by atoms with Gasteiger partial charge in [-0.15, -0.1) is 11.3 Å². The van der Waals surface area contributed by atoms with Gasteiger partial charge < -0.3 is 20.1 Å². The Balaban J connectivity index is 1.56. The third-order valence-corrected chi connectivity index (χ3v) is 8.63. The average molecular weight is 596 g/mol. The number of methoxy groups -OCH3 is 1. The average Bonchev–Trinajstić information content (AvgIpc) is 3.59. The van der Waals surface area contributed by atoms with Gasteiger partial charge in [0.2, 0.25) is 5.91 Å². The number of benzene rings is 2. The first-order chi connectivity index (χ1) is 20.0. The predicted molar refractivity (Wildman–Crippen MR) is 159 cm³/mol. The van der Waals surface area contributed by atoms with E-state index in [0.29, 0.717) is 18.4 Å². The minimum Gasteiger partial charge on any atom is -0.460 e. The molecule has 0 saturated carbocycles. The van der Waals surface area contributed by atoms with Gasteiger partial charge in [0.1, 0.15) is 18.0 Å². The Morgan fingerprint density at radius 1 is 1.14 bits per heavy atom. The molecule has 0 unspecified atom stereocenters. The van der Waals surface area contributed by atoms with Gasteiger partial charge in [0.05, 0.1) is 29.0 Å². The van der Waals surface area contributed by atoms with Crippen LogP contribution in [-0.4, -0.2) is 48.3 Å². The number of nitrogens with one attached hydrogen (secondary N) is 2. The molecule has 224 valence electrons. The molecule has 2 aromatic carbocycles. The Kier molecular flexibility index (Phi) is 9.98. The molecule has 4 rings (SSSR count). The molecule has 2 heterocycles. The number of nitrogens with zero attached hydrogens (tertiary/aromatic N) is 1. The summed E-state index contributed by atoms with van der Waals surface area (Å²) in [5.74, 6) is -1.75. The Hall–Kier alpha value is -3.79. The molecule has 0 radical (unpaired) electrons. The number of hydrogen-bond donors (Lipinski definition) is 2. The van der Waals surface area contributed by atoms with Crippen LogP contribution in [0.3, 0.4) is 0 Å². The van der Waals surface area contributed by atoms with Gasteiger partial charge in [0, 0.05) is 12.6 Å². The maximum atomic E-state index is 14.3. The molecule has 42 heavy (non-hydrogen) atoms. The maximum Gasteiger partial charge on any atom is 0.407 e. The lowest BCUT2D eigenvalue weighted by atomic mass is 9.85. The van der Waals surface area contributed by atoms with Crippen molar-refractivity contribution in [3.8, 4) is 10.4 Å². The van der Waals surface area contributed by atoms with Gasteiger partial charge in [-0.25, -0.2) is 14.2 Å². The van der Waals surface area contributed by atoms with Gasteiger partial charge in [-0.1, -0.05) is 70.2 Å². The van der Waals surface area contributed by atoms with Crippen LogP contribution < -0.4 is 10.6 Å². The summed E-state index contributed by atoms with van der Waals surface area (Å²) in [7, 11) is 1.24. The molecular formula is C32H38FN3O5S. The third kappa shape index (κ3) is 7.73. The van der Waals surface area contributed by atoms with Crippen molar-refractivity contribution < 1.29 is 28.2 Å². The minimum absolute atomic E-state index is 0.209. The van der Waals surface area contributed by atoms with Crippen molar-refractivity contribution in [1.82, 2.24) is 15.6 Å². The SMILES string of the molecule is CCc1ncc(-c2ccc(C[C@H](NC(=O)[C@@H](NC(=O)OC)C(C)(C)C)[C@@H]3C[C@@H](Cc4ccccc4F)C(=O)O3)cc2)s1. The number of cyclic esters (lactones) is 1. The van der Waals surface area contributed by atoms with Gasteiger partial charge in [-0.05, 0) is 47.4 Å². The van der Waals surface area contributed by atoms with E-state index in [2.05, 4.69) is 22.5 Å². The third-order valence-electron chi connectivity index (χ3n) is 7.44. The molecule has 1 aliphatic heterocycles. The molecule has 1 aliphatic rings. The number of aromatic nitrogens is 1. The van der Waals surface area contributed by atoms with Crippen LogP contribution in [0.4, 0.5) is 9.18 Å². The quantitative estimate of drug-likeness (QED) is 0.301. The number of amides is 2. The van der Waals surface area contributed by atoms with Crippen LogP contribution in [0.1, 0.15) is 50.3 Å². The van der Waals surface area contributed by atoms with E-state index in [-0.39, 0.29) is 12.2 Å². The summed E-state index contributed by atoms with van der Waals surface area (Å²) in [5.41, 5.74) is 1.80. The first-order valence-corrected chi connectivity index (χ1v) is 14.9. The molecule has 8 nitrogen and oxygen atoms in total. The highest BCUT2D eigenvalue weighted by Crippen LogP contribution is 2.31. The summed E-state index contributed by atoms with van der Waals surface area (Å²) in [6.45, 7) is 7.58. The number of alkyl carbamates (subject to hydrolysis) is 1. The van der Waals surface area contributed by atoms with E-state index in [0.717, 1.165) is 27.4 Å². The summed E-state index contributed by atoms with van der Waals surface area (Å²) in [6.07, 6.45) is 2.31. The Labute approximate surface area is 250 Å². The van der Waals surface area contributed by atoms with Crippen molar-refractivity contribution in [2.75, 3.05) is 7.11 Å². The van der Waals surface area contributed by atoms with Crippen molar-refractivity contribution >= 4 is 29.3 Å². The van der Waals surface area contributed by atoms with Crippen LogP contribution in [0.25, 0.3) is 10.4 Å². The first kappa shape index (κ1) is 31.2. The topological polar surface area (TPSA) is 107 Å². The summed E-state index contributed by atoms with van der Waals surface area (Å²) in [4.78, 5) is 44.1.